The molecular formula is C26H29BO5. The summed E-state index contributed by atoms with van der Waals surface area (Å²) in [7, 11) is -2.17. The van der Waals surface area contributed by atoms with E-state index < -0.39 is 24.4 Å². The van der Waals surface area contributed by atoms with Crippen LogP contribution in [0.1, 0.15) is 37.8 Å². The summed E-state index contributed by atoms with van der Waals surface area (Å²) in [6.45, 7) is 5.09. The molecule has 0 heterocycles. The second-order valence-electron chi connectivity index (χ2n) is 8.62. The van der Waals surface area contributed by atoms with Gasteiger partial charge in [0.2, 0.25) is 0 Å². The van der Waals surface area contributed by atoms with Crippen molar-refractivity contribution in [3.63, 3.8) is 0 Å². The molecule has 5 N–H and O–H groups in total. The lowest BCUT2D eigenvalue weighted by atomic mass is 9.69. The van der Waals surface area contributed by atoms with Crippen LogP contribution < -0.4 is 0 Å². The normalized spacial score (nSPS) is 13.5. The molecule has 0 aromatic heterocycles. The first-order chi connectivity index (χ1) is 15.0. The highest BCUT2D eigenvalue weighted by atomic mass is 16.5. The predicted molar refractivity (Wildman–Crippen MR) is 129 cm³/mol. The van der Waals surface area contributed by atoms with Crippen molar-refractivity contribution in [2.45, 2.75) is 37.9 Å². The number of hydrogen-bond donors (Lipinski definition) is 5. The highest BCUT2D eigenvalue weighted by Crippen LogP contribution is 2.45. The van der Waals surface area contributed by atoms with E-state index in [1.54, 1.807) is 20.8 Å². The summed E-state index contributed by atoms with van der Waals surface area (Å²) in [6, 6.07) is 28.8. The molecule has 32 heavy (non-hydrogen) atoms. The van der Waals surface area contributed by atoms with Gasteiger partial charge in [0.1, 0.15) is 5.60 Å². The third kappa shape index (κ3) is 4.85. The number of fused-ring (bicyclic) bond motifs is 2. The molecule has 0 spiro atoms. The Kier molecular flexibility index (Phi) is 7.03. The van der Waals surface area contributed by atoms with E-state index in [-0.39, 0.29) is 0 Å². The Labute approximate surface area is 188 Å². The van der Waals surface area contributed by atoms with Crippen molar-refractivity contribution in [1.29, 1.82) is 0 Å². The lowest BCUT2D eigenvalue weighted by molar-refractivity contribution is -0.128. The standard InChI is InChI=1S/C26H26O2.BH3O3/c1-25(2,27)26(3,28)24(22-16-8-12-18-10-4-6-14-20(18)22)23-17-9-13-19-11-5-7-15-21(19)23;2-1(3)4/h4-17,24,27-28H,1-3H3;2-4H. The minimum Gasteiger partial charge on any atom is -0.402 e. The van der Waals surface area contributed by atoms with Gasteiger partial charge in [-0.3, -0.25) is 0 Å². The van der Waals surface area contributed by atoms with Crippen LogP contribution in [0.3, 0.4) is 0 Å². The lowest BCUT2D eigenvalue weighted by Crippen LogP contribution is -2.52. The van der Waals surface area contributed by atoms with Gasteiger partial charge in [-0.25, -0.2) is 0 Å². The molecule has 1 atom stereocenters. The predicted octanol–water partition coefficient (Wildman–Crippen LogP) is 3.60. The monoisotopic (exact) mass is 432 g/mol. The van der Waals surface area contributed by atoms with Crippen molar-refractivity contribution < 1.29 is 25.3 Å². The molecule has 0 saturated carbocycles. The van der Waals surface area contributed by atoms with Crippen molar-refractivity contribution in [2.75, 3.05) is 0 Å². The van der Waals surface area contributed by atoms with Crippen LogP contribution in [0.25, 0.3) is 21.5 Å². The van der Waals surface area contributed by atoms with Gasteiger partial charge in [-0.2, -0.15) is 0 Å². The Balaban J connectivity index is 0.000000668. The number of aliphatic hydroxyl groups is 2. The molecule has 0 fully saturated rings. The van der Waals surface area contributed by atoms with Crippen LogP contribution in [0.5, 0.6) is 0 Å². The van der Waals surface area contributed by atoms with Gasteiger partial charge < -0.3 is 25.3 Å². The molecule has 6 heteroatoms. The molecule has 5 nitrogen and oxygen atoms in total. The Morgan fingerprint density at radius 1 is 0.594 bits per heavy atom. The van der Waals surface area contributed by atoms with Gasteiger partial charge in [0.25, 0.3) is 0 Å². The summed E-state index contributed by atoms with van der Waals surface area (Å²) < 4.78 is 0. The zero-order valence-electron chi connectivity index (χ0n) is 18.5. The fourth-order valence-electron chi connectivity index (χ4n) is 4.13. The topological polar surface area (TPSA) is 101 Å². The first-order valence-electron chi connectivity index (χ1n) is 10.5. The van der Waals surface area contributed by atoms with Gasteiger partial charge in [-0.05, 0) is 53.4 Å². The first-order valence-corrected chi connectivity index (χ1v) is 10.5. The van der Waals surface area contributed by atoms with E-state index in [0.29, 0.717) is 0 Å². The average molecular weight is 432 g/mol. The van der Waals surface area contributed by atoms with Gasteiger partial charge in [-0.1, -0.05) is 84.9 Å². The minimum atomic E-state index is -2.17. The van der Waals surface area contributed by atoms with Crippen LogP contribution in [0, 0.1) is 0 Å². The summed E-state index contributed by atoms with van der Waals surface area (Å²) in [5, 5.41) is 48.5. The zero-order chi connectivity index (χ0) is 23.5. The molecule has 0 aliphatic carbocycles. The van der Waals surface area contributed by atoms with E-state index in [9.17, 15) is 10.2 Å². The first kappa shape index (κ1) is 23.9. The van der Waals surface area contributed by atoms with E-state index in [0.717, 1.165) is 32.7 Å². The van der Waals surface area contributed by atoms with Gasteiger partial charge in [0.05, 0.1) is 5.60 Å². The average Bonchev–Trinajstić information content (AvgIpc) is 2.73. The lowest BCUT2D eigenvalue weighted by Gasteiger charge is -2.43. The molecular weight excluding hydrogens is 403 g/mol. The number of rotatable bonds is 4. The largest absolute Gasteiger partial charge is 0.631 e. The molecule has 0 radical (unpaired) electrons. The molecule has 4 aromatic carbocycles. The second kappa shape index (κ2) is 9.41. The van der Waals surface area contributed by atoms with Crippen LogP contribution in [0.15, 0.2) is 84.9 Å². The van der Waals surface area contributed by atoms with Crippen LogP contribution in [-0.4, -0.2) is 43.8 Å². The molecule has 0 amide bonds. The van der Waals surface area contributed by atoms with Crippen LogP contribution >= 0.6 is 0 Å². The fraction of sp³-hybridized carbons (Fsp3) is 0.231. The van der Waals surface area contributed by atoms with E-state index in [4.69, 9.17) is 15.1 Å². The molecule has 0 aliphatic heterocycles. The second-order valence-corrected chi connectivity index (χ2v) is 8.62. The SMILES string of the molecule is CC(C)(O)C(C)(O)C(c1cccc2ccccc12)c1cccc2ccccc12.OB(O)O. The number of benzene rings is 4. The molecule has 4 aromatic rings. The van der Waals surface area contributed by atoms with Crippen molar-refractivity contribution in [3.8, 4) is 0 Å². The van der Waals surface area contributed by atoms with E-state index in [1.807, 2.05) is 36.4 Å². The zero-order valence-corrected chi connectivity index (χ0v) is 18.5. The summed E-state index contributed by atoms with van der Waals surface area (Å²) >= 11 is 0. The maximum atomic E-state index is 11.7. The summed E-state index contributed by atoms with van der Waals surface area (Å²) in [5.74, 6) is -0.398. The quantitative estimate of drug-likeness (QED) is 0.318. The Morgan fingerprint density at radius 2 is 0.938 bits per heavy atom. The molecule has 0 saturated heterocycles. The van der Waals surface area contributed by atoms with Crippen LogP contribution in [-0.2, 0) is 0 Å². The molecule has 4 rings (SSSR count). The maximum Gasteiger partial charge on any atom is 0.631 e. The van der Waals surface area contributed by atoms with Crippen molar-refractivity contribution in [3.05, 3.63) is 96.1 Å². The van der Waals surface area contributed by atoms with Crippen molar-refractivity contribution in [2.24, 2.45) is 0 Å². The third-order valence-corrected chi connectivity index (χ3v) is 6.07. The van der Waals surface area contributed by atoms with E-state index in [2.05, 4.69) is 48.5 Å². The van der Waals surface area contributed by atoms with Crippen molar-refractivity contribution >= 4 is 28.9 Å². The number of hydrogen-bond acceptors (Lipinski definition) is 5. The Morgan fingerprint density at radius 3 is 1.31 bits per heavy atom. The molecule has 0 aliphatic rings. The highest BCUT2D eigenvalue weighted by molar-refractivity contribution is 6.30. The molecule has 166 valence electrons. The van der Waals surface area contributed by atoms with Crippen LogP contribution in [0.2, 0.25) is 0 Å². The fourth-order valence-corrected chi connectivity index (χ4v) is 4.13. The Hall–Kier alpha value is -2.74. The van der Waals surface area contributed by atoms with Crippen LogP contribution in [0.4, 0.5) is 0 Å². The van der Waals surface area contributed by atoms with Gasteiger partial charge in [0, 0.05) is 5.92 Å². The smallest absolute Gasteiger partial charge is 0.402 e. The van der Waals surface area contributed by atoms with E-state index >= 15 is 0 Å². The van der Waals surface area contributed by atoms with E-state index in [1.165, 1.54) is 0 Å². The highest BCUT2D eigenvalue weighted by Gasteiger charge is 2.46. The summed E-state index contributed by atoms with van der Waals surface area (Å²) in [5.41, 5.74) is -0.657. The minimum absolute atomic E-state index is 0.398. The van der Waals surface area contributed by atoms with Gasteiger partial charge in [-0.15, -0.1) is 0 Å². The summed E-state index contributed by atoms with van der Waals surface area (Å²) in [6.07, 6.45) is 0. The third-order valence-electron chi connectivity index (χ3n) is 6.07. The molecule has 0 bridgehead atoms. The van der Waals surface area contributed by atoms with Crippen molar-refractivity contribution in [1.82, 2.24) is 0 Å². The molecule has 1 unspecified atom stereocenters. The summed E-state index contributed by atoms with van der Waals surface area (Å²) in [4.78, 5) is 0. The van der Waals surface area contributed by atoms with Gasteiger partial charge in [0.15, 0.2) is 0 Å². The maximum absolute atomic E-state index is 11.7. The Bertz CT molecular complexity index is 1100. The van der Waals surface area contributed by atoms with Gasteiger partial charge >= 0.3 is 7.32 Å².